The van der Waals surface area contributed by atoms with Crippen LogP contribution >= 0.6 is 11.3 Å². The summed E-state index contributed by atoms with van der Waals surface area (Å²) in [7, 11) is 0. The second-order valence-corrected chi connectivity index (χ2v) is 10.2. The van der Waals surface area contributed by atoms with Crippen LogP contribution in [0, 0.1) is 5.92 Å². The number of carbonyl (C=O) groups excluding carboxylic acids is 4. The minimum atomic E-state index is -0.645. The van der Waals surface area contributed by atoms with Gasteiger partial charge in [-0.25, -0.2) is 4.79 Å². The topological polar surface area (TPSA) is 102 Å². The van der Waals surface area contributed by atoms with Crippen molar-refractivity contribution in [1.29, 1.82) is 0 Å². The molecule has 192 valence electrons. The number of thiophene rings is 1. The van der Waals surface area contributed by atoms with Gasteiger partial charge in [-0.3, -0.25) is 14.4 Å². The van der Waals surface area contributed by atoms with Gasteiger partial charge < -0.3 is 19.7 Å². The fraction of sp³-hybridized carbons (Fsp3) is 0.481. The number of para-hydroxylation sites is 1. The molecular formula is C27H32N2O6S. The lowest BCUT2D eigenvalue weighted by Crippen LogP contribution is -2.29. The van der Waals surface area contributed by atoms with Crippen molar-refractivity contribution in [2.24, 2.45) is 5.92 Å². The lowest BCUT2D eigenvalue weighted by molar-refractivity contribution is -0.151. The predicted octanol–water partition coefficient (Wildman–Crippen LogP) is 4.85. The molecule has 9 heteroatoms. The first-order valence-electron chi connectivity index (χ1n) is 12.5. The summed E-state index contributed by atoms with van der Waals surface area (Å²) >= 11 is 1.27. The number of carbonyl (C=O) groups is 4. The number of hydrogen-bond donors (Lipinski definition) is 1. The molecule has 36 heavy (non-hydrogen) atoms. The molecule has 0 bridgehead atoms. The van der Waals surface area contributed by atoms with Crippen LogP contribution in [0.1, 0.15) is 79.8 Å². The highest BCUT2D eigenvalue weighted by atomic mass is 32.1. The molecule has 8 nitrogen and oxygen atoms in total. The minimum absolute atomic E-state index is 0.0397. The standard InChI is InChI=1S/C27H32N2O6S/c1-4-16(3)19-8-6-7-9-21(19)29-13-18(12-23(29)31)26(32)35-14-22(30)28-25-24(27(33)34-5-2)20(15-36-25)17-10-11-17/h6-9,15-18H,4-5,10-14H2,1-3H3,(H,28,30)/t16-,18+/m1/s1. The van der Waals surface area contributed by atoms with E-state index in [-0.39, 0.29) is 31.4 Å². The van der Waals surface area contributed by atoms with E-state index in [2.05, 4.69) is 19.2 Å². The van der Waals surface area contributed by atoms with E-state index in [1.165, 1.54) is 11.3 Å². The van der Waals surface area contributed by atoms with Gasteiger partial charge in [0.05, 0.1) is 18.1 Å². The number of nitrogens with zero attached hydrogens (tertiary/aromatic N) is 1. The van der Waals surface area contributed by atoms with Crippen molar-refractivity contribution in [3.05, 3.63) is 46.3 Å². The van der Waals surface area contributed by atoms with Gasteiger partial charge in [0.25, 0.3) is 5.91 Å². The molecule has 1 aromatic heterocycles. The molecule has 1 saturated heterocycles. The van der Waals surface area contributed by atoms with Crippen LogP contribution in [0.15, 0.2) is 29.6 Å². The molecule has 1 aliphatic carbocycles. The van der Waals surface area contributed by atoms with Crippen molar-refractivity contribution in [3.8, 4) is 0 Å². The van der Waals surface area contributed by atoms with Crippen molar-refractivity contribution in [2.75, 3.05) is 30.0 Å². The Morgan fingerprint density at radius 2 is 1.92 bits per heavy atom. The Bertz CT molecular complexity index is 1150. The third-order valence-corrected chi connectivity index (χ3v) is 7.66. The summed E-state index contributed by atoms with van der Waals surface area (Å²) in [5, 5.41) is 4.97. The van der Waals surface area contributed by atoms with Crippen molar-refractivity contribution in [3.63, 3.8) is 0 Å². The first-order valence-corrected chi connectivity index (χ1v) is 13.4. The van der Waals surface area contributed by atoms with E-state index in [4.69, 9.17) is 9.47 Å². The van der Waals surface area contributed by atoms with Gasteiger partial charge in [-0.2, -0.15) is 0 Å². The van der Waals surface area contributed by atoms with Crippen LogP contribution in [0.2, 0.25) is 0 Å². The van der Waals surface area contributed by atoms with Crippen LogP contribution in [0.4, 0.5) is 10.7 Å². The third-order valence-electron chi connectivity index (χ3n) is 6.74. The molecule has 2 aliphatic rings. The highest BCUT2D eigenvalue weighted by Crippen LogP contribution is 2.46. The molecule has 1 N–H and O–H groups in total. The predicted molar refractivity (Wildman–Crippen MR) is 137 cm³/mol. The number of esters is 2. The molecule has 2 heterocycles. The van der Waals surface area contributed by atoms with Crippen LogP contribution in [0.3, 0.4) is 0 Å². The third kappa shape index (κ3) is 5.61. The van der Waals surface area contributed by atoms with Gasteiger partial charge in [0.2, 0.25) is 5.91 Å². The van der Waals surface area contributed by atoms with E-state index in [0.717, 1.165) is 36.1 Å². The van der Waals surface area contributed by atoms with Crippen molar-refractivity contribution in [1.82, 2.24) is 0 Å². The molecule has 1 saturated carbocycles. The first kappa shape index (κ1) is 25.9. The Labute approximate surface area is 215 Å². The molecule has 2 fully saturated rings. The second kappa shape index (κ2) is 11.2. The highest BCUT2D eigenvalue weighted by Gasteiger charge is 2.37. The van der Waals surface area contributed by atoms with E-state index >= 15 is 0 Å². The van der Waals surface area contributed by atoms with Crippen LogP contribution in [-0.4, -0.2) is 43.5 Å². The van der Waals surface area contributed by atoms with Gasteiger partial charge in [0.15, 0.2) is 6.61 Å². The Balaban J connectivity index is 1.36. The number of benzene rings is 1. The minimum Gasteiger partial charge on any atom is -0.462 e. The summed E-state index contributed by atoms with van der Waals surface area (Å²) in [6, 6.07) is 7.74. The number of hydrogen-bond acceptors (Lipinski definition) is 7. The average molecular weight is 513 g/mol. The molecule has 2 aromatic rings. The normalized spacial score (nSPS) is 18.1. The molecule has 2 amide bonds. The number of amides is 2. The molecule has 1 aliphatic heterocycles. The van der Waals surface area contributed by atoms with Crippen LogP contribution in [0.25, 0.3) is 0 Å². The van der Waals surface area contributed by atoms with Gasteiger partial charge in [-0.05, 0) is 60.6 Å². The number of nitrogens with one attached hydrogen (secondary N) is 1. The van der Waals surface area contributed by atoms with Crippen molar-refractivity contribution in [2.45, 2.75) is 58.3 Å². The fourth-order valence-corrected chi connectivity index (χ4v) is 5.50. The highest BCUT2D eigenvalue weighted by molar-refractivity contribution is 7.15. The lowest BCUT2D eigenvalue weighted by Gasteiger charge is -2.23. The maximum absolute atomic E-state index is 12.7. The monoisotopic (exact) mass is 512 g/mol. The largest absolute Gasteiger partial charge is 0.462 e. The number of rotatable bonds is 10. The van der Waals surface area contributed by atoms with Gasteiger partial charge in [-0.15, -0.1) is 11.3 Å². The smallest absolute Gasteiger partial charge is 0.341 e. The molecule has 0 radical (unpaired) electrons. The summed E-state index contributed by atoms with van der Waals surface area (Å²) in [4.78, 5) is 52.1. The van der Waals surface area contributed by atoms with Crippen molar-refractivity contribution < 1.29 is 28.7 Å². The lowest BCUT2D eigenvalue weighted by atomic mass is 9.96. The summed E-state index contributed by atoms with van der Waals surface area (Å²) in [6.45, 7) is 5.90. The summed E-state index contributed by atoms with van der Waals surface area (Å²) in [6.07, 6.45) is 2.99. The summed E-state index contributed by atoms with van der Waals surface area (Å²) < 4.78 is 10.4. The molecule has 4 rings (SSSR count). The zero-order valence-electron chi connectivity index (χ0n) is 20.9. The first-order chi connectivity index (χ1) is 17.3. The van der Waals surface area contributed by atoms with Gasteiger partial charge in [-0.1, -0.05) is 32.0 Å². The number of anilines is 2. The van der Waals surface area contributed by atoms with E-state index < -0.39 is 30.4 Å². The van der Waals surface area contributed by atoms with E-state index in [1.54, 1.807) is 11.8 Å². The van der Waals surface area contributed by atoms with E-state index in [9.17, 15) is 19.2 Å². The maximum Gasteiger partial charge on any atom is 0.341 e. The van der Waals surface area contributed by atoms with Gasteiger partial charge >= 0.3 is 11.9 Å². The van der Waals surface area contributed by atoms with Crippen LogP contribution in [-0.2, 0) is 23.9 Å². The molecule has 0 spiro atoms. The van der Waals surface area contributed by atoms with Gasteiger partial charge in [0.1, 0.15) is 5.00 Å². The Hall–Kier alpha value is -3.20. The van der Waals surface area contributed by atoms with E-state index in [1.807, 2.05) is 29.6 Å². The SMILES string of the molecule is CCOC(=O)c1c(C2CC2)csc1NC(=O)COC(=O)[C@H]1CC(=O)N(c2ccccc2[C@H](C)CC)C1. The van der Waals surface area contributed by atoms with Crippen LogP contribution in [0.5, 0.6) is 0 Å². The number of ether oxygens (including phenoxy) is 2. The fourth-order valence-electron chi connectivity index (χ4n) is 4.46. The molecular weight excluding hydrogens is 480 g/mol. The molecule has 0 unspecified atom stereocenters. The Morgan fingerprint density at radius 3 is 2.61 bits per heavy atom. The Kier molecular flexibility index (Phi) is 8.08. The average Bonchev–Trinajstić information content (AvgIpc) is 3.52. The quantitative estimate of drug-likeness (QED) is 0.457. The van der Waals surface area contributed by atoms with Crippen molar-refractivity contribution >= 4 is 45.8 Å². The summed E-state index contributed by atoms with van der Waals surface area (Å²) in [5.41, 5.74) is 3.18. The van der Waals surface area contributed by atoms with E-state index in [0.29, 0.717) is 16.5 Å². The van der Waals surface area contributed by atoms with Gasteiger partial charge in [0, 0.05) is 18.7 Å². The molecule has 1 aromatic carbocycles. The Morgan fingerprint density at radius 1 is 1.17 bits per heavy atom. The maximum atomic E-state index is 12.7. The van der Waals surface area contributed by atoms with Crippen LogP contribution < -0.4 is 10.2 Å². The molecule has 2 atom stereocenters. The summed E-state index contributed by atoms with van der Waals surface area (Å²) in [5.74, 6) is -1.77. The zero-order valence-corrected chi connectivity index (χ0v) is 21.7. The zero-order chi connectivity index (χ0) is 25.8. The second-order valence-electron chi connectivity index (χ2n) is 9.32.